The van der Waals surface area contributed by atoms with E-state index in [4.69, 9.17) is 10.5 Å². The van der Waals surface area contributed by atoms with Crippen LogP contribution in [0.5, 0.6) is 0 Å². The Labute approximate surface area is 70.1 Å². The standard InChI is InChI=1S/C9H21NO/c1-4-6-8(3)9(10)7-11-5-2/h8-9H,4-7,10H2,1-3H3. The van der Waals surface area contributed by atoms with Crippen molar-refractivity contribution in [1.82, 2.24) is 0 Å². The topological polar surface area (TPSA) is 35.2 Å². The van der Waals surface area contributed by atoms with Gasteiger partial charge < -0.3 is 10.5 Å². The fourth-order valence-corrected chi connectivity index (χ4v) is 1.09. The first-order valence-electron chi connectivity index (χ1n) is 4.55. The molecule has 0 aliphatic heterocycles. The average Bonchev–Trinajstić information content (AvgIpc) is 2.00. The maximum Gasteiger partial charge on any atom is 0.0619 e. The van der Waals surface area contributed by atoms with Crippen LogP contribution in [-0.4, -0.2) is 19.3 Å². The maximum atomic E-state index is 5.86. The van der Waals surface area contributed by atoms with Crippen molar-refractivity contribution in [1.29, 1.82) is 0 Å². The lowest BCUT2D eigenvalue weighted by molar-refractivity contribution is 0.117. The predicted octanol–water partition coefficient (Wildman–Crippen LogP) is 1.79. The number of hydrogen-bond acceptors (Lipinski definition) is 2. The van der Waals surface area contributed by atoms with Crippen LogP contribution < -0.4 is 5.73 Å². The van der Waals surface area contributed by atoms with E-state index in [-0.39, 0.29) is 6.04 Å². The van der Waals surface area contributed by atoms with E-state index in [0.29, 0.717) is 12.5 Å². The summed E-state index contributed by atoms with van der Waals surface area (Å²) in [5.74, 6) is 0.589. The Kier molecular flexibility index (Phi) is 6.57. The first-order chi connectivity index (χ1) is 5.22. The monoisotopic (exact) mass is 159 g/mol. The molecule has 0 aliphatic rings. The largest absolute Gasteiger partial charge is 0.380 e. The number of rotatable bonds is 6. The molecule has 2 N–H and O–H groups in total. The van der Waals surface area contributed by atoms with Gasteiger partial charge in [0.25, 0.3) is 0 Å². The van der Waals surface area contributed by atoms with Crippen molar-refractivity contribution in [2.75, 3.05) is 13.2 Å². The van der Waals surface area contributed by atoms with Gasteiger partial charge >= 0.3 is 0 Å². The van der Waals surface area contributed by atoms with Crippen LogP contribution in [0.1, 0.15) is 33.6 Å². The molecule has 0 aromatic rings. The van der Waals surface area contributed by atoms with Gasteiger partial charge in [0.05, 0.1) is 6.61 Å². The zero-order valence-electron chi connectivity index (χ0n) is 7.97. The average molecular weight is 159 g/mol. The molecule has 0 fully saturated rings. The highest BCUT2D eigenvalue weighted by atomic mass is 16.5. The summed E-state index contributed by atoms with van der Waals surface area (Å²) >= 11 is 0. The molecular weight excluding hydrogens is 138 g/mol. The third kappa shape index (κ3) is 5.22. The summed E-state index contributed by atoms with van der Waals surface area (Å²) in [7, 11) is 0. The third-order valence-corrected chi connectivity index (χ3v) is 1.99. The van der Waals surface area contributed by atoms with E-state index in [1.165, 1.54) is 12.8 Å². The molecule has 2 unspecified atom stereocenters. The lowest BCUT2D eigenvalue weighted by Crippen LogP contribution is -2.33. The fraction of sp³-hybridized carbons (Fsp3) is 1.00. The summed E-state index contributed by atoms with van der Waals surface area (Å²) < 4.78 is 5.24. The van der Waals surface area contributed by atoms with E-state index < -0.39 is 0 Å². The van der Waals surface area contributed by atoms with Crippen LogP contribution in [0.2, 0.25) is 0 Å². The molecule has 68 valence electrons. The first kappa shape index (κ1) is 10.9. The van der Waals surface area contributed by atoms with E-state index >= 15 is 0 Å². The van der Waals surface area contributed by atoms with Crippen LogP contribution in [0.3, 0.4) is 0 Å². The first-order valence-corrected chi connectivity index (χ1v) is 4.55. The molecule has 2 atom stereocenters. The summed E-state index contributed by atoms with van der Waals surface area (Å²) in [4.78, 5) is 0. The van der Waals surface area contributed by atoms with Crippen molar-refractivity contribution in [2.45, 2.75) is 39.7 Å². The van der Waals surface area contributed by atoms with Gasteiger partial charge in [-0.2, -0.15) is 0 Å². The Morgan fingerprint density at radius 1 is 1.36 bits per heavy atom. The molecule has 0 saturated carbocycles. The van der Waals surface area contributed by atoms with Gasteiger partial charge in [-0.05, 0) is 19.3 Å². The summed E-state index contributed by atoms with van der Waals surface area (Å²) in [5, 5.41) is 0. The maximum absolute atomic E-state index is 5.86. The summed E-state index contributed by atoms with van der Waals surface area (Å²) in [6, 6.07) is 0.217. The highest BCUT2D eigenvalue weighted by Crippen LogP contribution is 2.08. The zero-order chi connectivity index (χ0) is 8.69. The molecule has 0 saturated heterocycles. The number of ether oxygens (including phenoxy) is 1. The Bertz CT molecular complexity index is 85.6. The summed E-state index contributed by atoms with van der Waals surface area (Å²) in [5.41, 5.74) is 5.86. The van der Waals surface area contributed by atoms with E-state index in [2.05, 4.69) is 13.8 Å². The molecule has 0 aromatic heterocycles. The molecule has 0 heterocycles. The summed E-state index contributed by atoms with van der Waals surface area (Å²) in [6.45, 7) is 7.85. The minimum atomic E-state index is 0.217. The van der Waals surface area contributed by atoms with Gasteiger partial charge in [-0.3, -0.25) is 0 Å². The van der Waals surface area contributed by atoms with Crippen molar-refractivity contribution < 1.29 is 4.74 Å². The predicted molar refractivity (Wildman–Crippen MR) is 48.5 cm³/mol. The van der Waals surface area contributed by atoms with Crippen LogP contribution in [0.15, 0.2) is 0 Å². The highest BCUT2D eigenvalue weighted by molar-refractivity contribution is 4.67. The van der Waals surface area contributed by atoms with Crippen molar-refractivity contribution in [2.24, 2.45) is 11.7 Å². The van der Waals surface area contributed by atoms with Gasteiger partial charge in [-0.1, -0.05) is 20.3 Å². The Hall–Kier alpha value is -0.0800. The van der Waals surface area contributed by atoms with Crippen LogP contribution in [0.4, 0.5) is 0 Å². The van der Waals surface area contributed by atoms with Crippen molar-refractivity contribution in [3.8, 4) is 0 Å². The SMILES string of the molecule is CCCC(C)C(N)COCC. The van der Waals surface area contributed by atoms with E-state index in [9.17, 15) is 0 Å². The second-order valence-electron chi connectivity index (χ2n) is 3.09. The molecule has 0 spiro atoms. The zero-order valence-corrected chi connectivity index (χ0v) is 7.97. The lowest BCUT2D eigenvalue weighted by Gasteiger charge is -2.18. The molecule has 0 rings (SSSR count). The van der Waals surface area contributed by atoms with Crippen LogP contribution >= 0.6 is 0 Å². The highest BCUT2D eigenvalue weighted by Gasteiger charge is 2.10. The van der Waals surface area contributed by atoms with Gasteiger partial charge in [-0.25, -0.2) is 0 Å². The second kappa shape index (κ2) is 6.62. The van der Waals surface area contributed by atoms with Gasteiger partial charge in [0, 0.05) is 12.6 Å². The molecule has 11 heavy (non-hydrogen) atoms. The minimum Gasteiger partial charge on any atom is -0.380 e. The van der Waals surface area contributed by atoms with E-state index in [1.54, 1.807) is 0 Å². The second-order valence-corrected chi connectivity index (χ2v) is 3.09. The Morgan fingerprint density at radius 3 is 2.45 bits per heavy atom. The molecule has 0 radical (unpaired) electrons. The molecule has 0 aromatic carbocycles. The normalized spacial score (nSPS) is 16.4. The Balaban J connectivity index is 3.38. The van der Waals surface area contributed by atoms with Gasteiger partial charge in [0.15, 0.2) is 0 Å². The van der Waals surface area contributed by atoms with Crippen molar-refractivity contribution >= 4 is 0 Å². The van der Waals surface area contributed by atoms with Gasteiger partial charge in [0.2, 0.25) is 0 Å². The van der Waals surface area contributed by atoms with Gasteiger partial charge in [-0.15, -0.1) is 0 Å². The summed E-state index contributed by atoms with van der Waals surface area (Å²) in [6.07, 6.45) is 2.41. The van der Waals surface area contributed by atoms with Gasteiger partial charge in [0.1, 0.15) is 0 Å². The molecule has 0 bridgehead atoms. The molecule has 2 heteroatoms. The third-order valence-electron chi connectivity index (χ3n) is 1.99. The van der Waals surface area contributed by atoms with Crippen LogP contribution in [0.25, 0.3) is 0 Å². The minimum absolute atomic E-state index is 0.217. The van der Waals surface area contributed by atoms with E-state index in [1.807, 2.05) is 6.92 Å². The van der Waals surface area contributed by atoms with E-state index in [0.717, 1.165) is 6.61 Å². The fourth-order valence-electron chi connectivity index (χ4n) is 1.09. The smallest absolute Gasteiger partial charge is 0.0619 e. The van der Waals surface area contributed by atoms with Crippen LogP contribution in [0, 0.1) is 5.92 Å². The number of nitrogens with two attached hydrogens (primary N) is 1. The number of hydrogen-bond donors (Lipinski definition) is 1. The van der Waals surface area contributed by atoms with Crippen LogP contribution in [-0.2, 0) is 4.74 Å². The molecule has 0 amide bonds. The molecular formula is C9H21NO. The lowest BCUT2D eigenvalue weighted by atomic mass is 9.98. The van der Waals surface area contributed by atoms with Crippen molar-refractivity contribution in [3.05, 3.63) is 0 Å². The van der Waals surface area contributed by atoms with Crippen molar-refractivity contribution in [3.63, 3.8) is 0 Å². The molecule has 0 aliphatic carbocycles. The Morgan fingerprint density at radius 2 is 2.00 bits per heavy atom. The quantitative estimate of drug-likeness (QED) is 0.641. The molecule has 2 nitrogen and oxygen atoms in total.